The highest BCUT2D eigenvalue weighted by Gasteiger charge is 2.47. The molecule has 3 aromatic heterocycles. The van der Waals surface area contributed by atoms with Crippen molar-refractivity contribution in [2.75, 3.05) is 41.8 Å². The predicted molar refractivity (Wildman–Crippen MR) is 190 cm³/mol. The van der Waals surface area contributed by atoms with Crippen LogP contribution in [-0.2, 0) is 27.7 Å². The molecule has 0 bridgehead atoms. The van der Waals surface area contributed by atoms with E-state index in [1.807, 2.05) is 35.2 Å². The number of anilines is 3. The Hall–Kier alpha value is -5.36. The molecule has 0 spiro atoms. The first-order valence-electron chi connectivity index (χ1n) is 17.0. The Balaban J connectivity index is 1.14. The normalized spacial score (nSPS) is 22.1. The molecule has 2 saturated heterocycles. The fraction of sp³-hybridized carbons (Fsp3) is 0.406. The molecule has 9 N–H and O–H groups in total. The molecule has 2 aromatic carbocycles. The number of ether oxygens (including phenoxy) is 1. The Morgan fingerprint density at radius 3 is 2.56 bits per heavy atom. The zero-order valence-corrected chi connectivity index (χ0v) is 29.4. The fourth-order valence-electron chi connectivity index (χ4n) is 6.38. The number of urea groups is 1. The third-order valence-electron chi connectivity index (χ3n) is 9.08. The van der Waals surface area contributed by atoms with Gasteiger partial charge in [0.1, 0.15) is 12.2 Å². The molecule has 6 atom stereocenters. The van der Waals surface area contributed by atoms with E-state index in [9.17, 15) is 33.6 Å². The molecule has 54 heavy (non-hydrogen) atoms. The summed E-state index contributed by atoms with van der Waals surface area (Å²) in [5.41, 5.74) is 1.92. The van der Waals surface area contributed by atoms with Gasteiger partial charge < -0.3 is 46.0 Å². The number of hydrogen-bond acceptors (Lipinski definition) is 16. The summed E-state index contributed by atoms with van der Waals surface area (Å²) in [5, 5.41) is 67.7. The molecule has 286 valence electrons. The van der Waals surface area contributed by atoms with Crippen LogP contribution in [0.25, 0.3) is 11.2 Å². The Kier molecular flexibility index (Phi) is 10.6. The van der Waals surface area contributed by atoms with Crippen LogP contribution in [0.2, 0.25) is 0 Å². The number of nitrogens with two attached hydrogens (primary N) is 1. The molecule has 0 radical (unpaired) electrons. The molecule has 22 heteroatoms. The van der Waals surface area contributed by atoms with E-state index >= 15 is 0 Å². The number of carbonyl (C=O) groups excluding carboxylic acids is 1. The lowest BCUT2D eigenvalue weighted by Gasteiger charge is -2.22. The molecular formula is C32H39N13O8S. The van der Waals surface area contributed by atoms with Gasteiger partial charge in [0.15, 0.2) is 29.3 Å². The predicted octanol–water partition coefficient (Wildman–Crippen LogP) is -1.14. The van der Waals surface area contributed by atoms with Crippen molar-refractivity contribution in [1.82, 2.24) is 45.0 Å². The molecule has 5 heterocycles. The summed E-state index contributed by atoms with van der Waals surface area (Å²) < 4.78 is 30.7. The van der Waals surface area contributed by atoms with E-state index in [2.05, 4.69) is 36.3 Å². The molecule has 2 fully saturated rings. The van der Waals surface area contributed by atoms with Crippen molar-refractivity contribution in [3.05, 3.63) is 72.3 Å². The first-order chi connectivity index (χ1) is 26.0. The maximum Gasteiger partial charge on any atom is 0.319 e. The first-order valence-corrected chi connectivity index (χ1v) is 18.6. The molecule has 0 aliphatic carbocycles. The number of imidazole rings is 1. The zero-order valence-electron chi connectivity index (χ0n) is 28.6. The molecule has 0 unspecified atom stereocenters. The third-order valence-corrected chi connectivity index (χ3v) is 10.0. The van der Waals surface area contributed by atoms with Gasteiger partial charge in [0.05, 0.1) is 37.0 Å². The van der Waals surface area contributed by atoms with E-state index < -0.39 is 46.6 Å². The van der Waals surface area contributed by atoms with Gasteiger partial charge in [0.2, 0.25) is 21.8 Å². The van der Waals surface area contributed by atoms with Gasteiger partial charge in [-0.2, -0.15) is 14.8 Å². The summed E-state index contributed by atoms with van der Waals surface area (Å²) in [4.78, 5) is 30.0. The van der Waals surface area contributed by atoms with Crippen LogP contribution in [0.3, 0.4) is 0 Å². The highest BCUT2D eigenvalue weighted by Crippen LogP contribution is 2.39. The second-order valence-corrected chi connectivity index (χ2v) is 14.5. The molecule has 2 aliphatic heterocycles. The van der Waals surface area contributed by atoms with Gasteiger partial charge in [-0.3, -0.25) is 4.57 Å². The Morgan fingerprint density at radius 2 is 1.83 bits per heavy atom. The summed E-state index contributed by atoms with van der Waals surface area (Å²) in [6.45, 7) is 0.408. The number of primary sulfonamides is 1. The number of sulfonamides is 1. The third kappa shape index (κ3) is 7.94. The molecule has 2 aliphatic rings. The van der Waals surface area contributed by atoms with Gasteiger partial charge in [0.25, 0.3) is 0 Å². The lowest BCUT2D eigenvalue weighted by Crippen LogP contribution is -2.40. The topological polar surface area (TPSA) is 294 Å². The second kappa shape index (κ2) is 15.5. The standard InChI is InChI=1S/C32H39N13O8S/c33-54(51,52)22-8-6-19(7-9-22)36-32(50)37-20-10-11-43(15-20)31-38-27(35-21(16-47)14-18-4-2-1-3-5-18)23-29(39-31)44(17-34-23)30-25(49)24(48)26(53-30)28-40-42-45(41-28)12-13-46/h1-9,17,20-21,24-26,30,46-49H,10-16H2,(H2,33,51,52)(H,35,38,39)(H2,36,37,50)/t20-,21+,24+,25-,26+,30-/m1/s1. The lowest BCUT2D eigenvalue weighted by molar-refractivity contribution is -0.0384. The number of rotatable bonds is 13. The summed E-state index contributed by atoms with van der Waals surface area (Å²) in [6.07, 6.45) is -2.80. The quantitative estimate of drug-likeness (QED) is 0.0703. The van der Waals surface area contributed by atoms with E-state index in [1.165, 1.54) is 35.2 Å². The number of amides is 2. The first kappa shape index (κ1) is 37.0. The number of aliphatic hydroxyl groups excluding tert-OH is 4. The fourth-order valence-corrected chi connectivity index (χ4v) is 6.90. The molecule has 21 nitrogen and oxygen atoms in total. The zero-order chi connectivity index (χ0) is 38.0. The van der Waals surface area contributed by atoms with Gasteiger partial charge in [-0.1, -0.05) is 30.3 Å². The van der Waals surface area contributed by atoms with Crippen LogP contribution in [0, 0.1) is 0 Å². The van der Waals surface area contributed by atoms with Crippen molar-refractivity contribution >= 4 is 44.7 Å². The van der Waals surface area contributed by atoms with Crippen LogP contribution in [-0.4, -0.2) is 125 Å². The minimum Gasteiger partial charge on any atom is -0.394 e. The Morgan fingerprint density at radius 1 is 1.06 bits per heavy atom. The summed E-state index contributed by atoms with van der Waals surface area (Å²) >= 11 is 0. The van der Waals surface area contributed by atoms with Gasteiger partial charge >= 0.3 is 6.03 Å². The molecular weight excluding hydrogens is 727 g/mol. The average molecular weight is 766 g/mol. The van der Waals surface area contributed by atoms with Gasteiger partial charge in [-0.05, 0) is 47.9 Å². The Labute approximate surface area is 307 Å². The molecule has 0 saturated carbocycles. The summed E-state index contributed by atoms with van der Waals surface area (Å²) in [6, 6.07) is 13.8. The van der Waals surface area contributed by atoms with E-state index in [4.69, 9.17) is 19.8 Å². The Bertz CT molecular complexity index is 2190. The van der Waals surface area contributed by atoms with E-state index in [0.29, 0.717) is 43.0 Å². The molecule has 7 rings (SSSR count). The number of carbonyl (C=O) groups is 1. The average Bonchev–Trinajstić information content (AvgIpc) is 3.96. The van der Waals surface area contributed by atoms with E-state index in [0.717, 1.165) is 10.4 Å². The highest BCUT2D eigenvalue weighted by molar-refractivity contribution is 7.89. The van der Waals surface area contributed by atoms with Crippen LogP contribution in [0.15, 0.2) is 65.8 Å². The van der Waals surface area contributed by atoms with Crippen LogP contribution in [0.4, 0.5) is 22.2 Å². The van der Waals surface area contributed by atoms with E-state index in [-0.39, 0.29) is 48.1 Å². The molecule has 5 aromatic rings. The number of benzene rings is 2. The van der Waals surface area contributed by atoms with E-state index in [1.54, 1.807) is 0 Å². The van der Waals surface area contributed by atoms with Crippen LogP contribution in [0.1, 0.15) is 30.1 Å². The maximum absolute atomic E-state index is 12.9. The number of aromatic nitrogens is 8. The number of nitrogens with zero attached hydrogens (tertiary/aromatic N) is 9. The largest absolute Gasteiger partial charge is 0.394 e. The lowest BCUT2D eigenvalue weighted by atomic mass is 10.1. The minimum absolute atomic E-state index is 0.0199. The van der Waals surface area contributed by atoms with Crippen molar-refractivity contribution < 1.29 is 38.4 Å². The van der Waals surface area contributed by atoms with Crippen molar-refractivity contribution in [2.24, 2.45) is 5.14 Å². The summed E-state index contributed by atoms with van der Waals surface area (Å²) in [7, 11) is -3.88. The van der Waals surface area contributed by atoms with Crippen molar-refractivity contribution in [3.8, 4) is 0 Å². The van der Waals surface area contributed by atoms with Crippen LogP contribution < -0.4 is 26.0 Å². The maximum atomic E-state index is 12.9. The SMILES string of the molecule is NS(=O)(=O)c1ccc(NC(=O)N[C@@H]2CCN(c3nc(N[C@H](CO)Cc4ccccc4)c4ncn([C@@H]5O[C@H](c6nnn(CCO)n6)[C@@H](O)[C@H]5O)c4n3)C2)cc1. The van der Waals surface area contributed by atoms with Gasteiger partial charge in [0, 0.05) is 24.8 Å². The second-order valence-electron chi connectivity index (χ2n) is 12.9. The number of nitrogens with one attached hydrogen (secondary N) is 3. The highest BCUT2D eigenvalue weighted by atomic mass is 32.2. The van der Waals surface area contributed by atoms with Crippen LogP contribution >= 0.6 is 0 Å². The van der Waals surface area contributed by atoms with Gasteiger partial charge in [-0.15, -0.1) is 10.2 Å². The number of tetrazole rings is 1. The summed E-state index contributed by atoms with van der Waals surface area (Å²) in [5.74, 6) is 0.593. The minimum atomic E-state index is -3.88. The monoisotopic (exact) mass is 765 g/mol. The smallest absolute Gasteiger partial charge is 0.319 e. The van der Waals surface area contributed by atoms with Gasteiger partial charge in [-0.25, -0.2) is 23.3 Å². The van der Waals surface area contributed by atoms with Crippen LogP contribution in [0.5, 0.6) is 0 Å². The van der Waals surface area contributed by atoms with Crippen molar-refractivity contribution in [1.29, 1.82) is 0 Å². The number of fused-ring (bicyclic) bond motifs is 1. The van der Waals surface area contributed by atoms with Crippen molar-refractivity contribution in [2.45, 2.75) is 60.9 Å². The number of hydrogen-bond donors (Lipinski definition) is 8. The molecule has 2 amide bonds. The number of aliphatic hydroxyl groups is 4. The van der Waals surface area contributed by atoms with Crippen molar-refractivity contribution in [3.63, 3.8) is 0 Å².